The fourth-order valence-corrected chi connectivity index (χ4v) is 4.65. The molecule has 2 aromatic rings. The molecule has 7 heteroatoms. The third kappa shape index (κ3) is 2.60. The van der Waals surface area contributed by atoms with E-state index in [2.05, 4.69) is 21.9 Å². The fourth-order valence-electron chi connectivity index (χ4n) is 4.65. The molecular weight excluding hydrogens is 344 g/mol. The van der Waals surface area contributed by atoms with Crippen molar-refractivity contribution < 1.29 is 14.3 Å². The van der Waals surface area contributed by atoms with Gasteiger partial charge in [-0.05, 0) is 32.0 Å². The molecule has 1 spiro atoms. The minimum atomic E-state index is -0.570. The molecule has 142 valence electrons. The van der Waals surface area contributed by atoms with Crippen molar-refractivity contribution in [1.82, 2.24) is 19.8 Å². The van der Waals surface area contributed by atoms with Crippen molar-refractivity contribution in [2.45, 2.75) is 30.9 Å². The number of benzene rings is 1. The minimum Gasteiger partial charge on any atom is -0.485 e. The lowest BCUT2D eigenvalue weighted by Gasteiger charge is -2.49. The summed E-state index contributed by atoms with van der Waals surface area (Å²) < 4.78 is 11.6. The summed E-state index contributed by atoms with van der Waals surface area (Å²) in [4.78, 5) is 25.2. The second-order valence-corrected chi connectivity index (χ2v) is 7.62. The van der Waals surface area contributed by atoms with Gasteiger partial charge in [-0.1, -0.05) is 12.1 Å². The summed E-state index contributed by atoms with van der Waals surface area (Å²) in [5.74, 6) is 1.36. The van der Waals surface area contributed by atoms with E-state index in [9.17, 15) is 4.79 Å². The van der Waals surface area contributed by atoms with Crippen LogP contribution in [0.25, 0.3) is 0 Å². The van der Waals surface area contributed by atoms with Crippen LogP contribution in [0.1, 0.15) is 24.2 Å². The number of aromatic amines is 1. The number of likely N-dealkylation sites (N-methyl/N-ethyl adjacent to an activating group) is 1. The predicted octanol–water partition coefficient (Wildman–Crippen LogP) is 1.56. The van der Waals surface area contributed by atoms with Gasteiger partial charge in [0.2, 0.25) is 6.10 Å². The highest BCUT2D eigenvalue weighted by atomic mass is 16.6. The Morgan fingerprint density at radius 1 is 1.22 bits per heavy atom. The van der Waals surface area contributed by atoms with Gasteiger partial charge < -0.3 is 19.4 Å². The van der Waals surface area contributed by atoms with Crippen LogP contribution in [-0.2, 0) is 16.8 Å². The van der Waals surface area contributed by atoms with Gasteiger partial charge in [-0.15, -0.1) is 0 Å². The lowest BCUT2D eigenvalue weighted by Crippen LogP contribution is -2.57. The number of nitrogens with one attached hydrogen (secondary N) is 1. The number of ether oxygens (including phenoxy) is 2. The molecule has 1 amide bonds. The molecule has 0 radical (unpaired) electrons. The standard InChI is InChI=1S/C20H24N4O3/c1-23-9-6-14-18(22-13-21-14)20(23)7-10-24(11-8-20)19(25)17-12-26-15-4-2-3-5-16(15)27-17/h2-5,13,17H,6-12H2,1H3,(H,21,22)/t17-/m0/s1. The van der Waals surface area contributed by atoms with E-state index in [4.69, 9.17) is 9.47 Å². The number of carbonyl (C=O) groups excluding carboxylic acids is 1. The maximum Gasteiger partial charge on any atom is 0.267 e. The molecular formula is C20H24N4O3. The molecule has 27 heavy (non-hydrogen) atoms. The third-order valence-electron chi connectivity index (χ3n) is 6.27. The molecule has 3 aliphatic rings. The fraction of sp³-hybridized carbons (Fsp3) is 0.500. The Labute approximate surface area is 158 Å². The summed E-state index contributed by atoms with van der Waals surface area (Å²) in [5, 5.41) is 0. The third-order valence-corrected chi connectivity index (χ3v) is 6.27. The van der Waals surface area contributed by atoms with Crippen molar-refractivity contribution >= 4 is 5.91 Å². The van der Waals surface area contributed by atoms with Crippen LogP contribution in [0.4, 0.5) is 0 Å². The highest BCUT2D eigenvalue weighted by Gasteiger charge is 2.46. The number of H-pyrrole nitrogens is 1. The van der Waals surface area contributed by atoms with E-state index in [1.165, 1.54) is 5.69 Å². The Bertz CT molecular complexity index is 856. The predicted molar refractivity (Wildman–Crippen MR) is 98.8 cm³/mol. The first-order chi connectivity index (χ1) is 13.2. The molecule has 1 N–H and O–H groups in total. The van der Waals surface area contributed by atoms with Crippen LogP contribution in [-0.4, -0.2) is 65.1 Å². The Morgan fingerprint density at radius 2 is 2.00 bits per heavy atom. The zero-order valence-corrected chi connectivity index (χ0v) is 15.5. The normalized spacial score (nSPS) is 23.9. The summed E-state index contributed by atoms with van der Waals surface area (Å²) in [5.41, 5.74) is 2.34. The number of rotatable bonds is 1. The van der Waals surface area contributed by atoms with Gasteiger partial charge in [0.15, 0.2) is 11.5 Å². The van der Waals surface area contributed by atoms with Crippen LogP contribution in [0, 0.1) is 0 Å². The van der Waals surface area contributed by atoms with E-state index in [1.807, 2.05) is 29.2 Å². The number of fused-ring (bicyclic) bond motifs is 3. The molecule has 1 aromatic heterocycles. The van der Waals surface area contributed by atoms with Crippen LogP contribution in [0.3, 0.4) is 0 Å². The number of piperidine rings is 1. The Balaban J connectivity index is 1.30. The molecule has 1 atom stereocenters. The summed E-state index contributed by atoms with van der Waals surface area (Å²) in [6.07, 6.45) is 4.00. The van der Waals surface area contributed by atoms with Crippen molar-refractivity contribution in [2.75, 3.05) is 33.3 Å². The number of aromatic nitrogens is 2. The molecule has 1 aromatic carbocycles. The summed E-state index contributed by atoms with van der Waals surface area (Å²) in [6.45, 7) is 2.69. The number of hydrogen-bond donors (Lipinski definition) is 1. The first kappa shape index (κ1) is 16.6. The van der Waals surface area contributed by atoms with Crippen molar-refractivity contribution in [3.63, 3.8) is 0 Å². The lowest BCUT2D eigenvalue weighted by atomic mass is 9.79. The summed E-state index contributed by atoms with van der Waals surface area (Å²) >= 11 is 0. The van der Waals surface area contributed by atoms with Gasteiger partial charge in [-0.3, -0.25) is 9.69 Å². The van der Waals surface area contributed by atoms with Crippen LogP contribution in [0.5, 0.6) is 11.5 Å². The Morgan fingerprint density at radius 3 is 2.81 bits per heavy atom. The smallest absolute Gasteiger partial charge is 0.267 e. The van der Waals surface area contributed by atoms with Gasteiger partial charge in [-0.25, -0.2) is 4.98 Å². The van der Waals surface area contributed by atoms with E-state index < -0.39 is 6.10 Å². The molecule has 0 saturated carbocycles. The topological polar surface area (TPSA) is 70.7 Å². The highest BCUT2D eigenvalue weighted by Crippen LogP contribution is 2.41. The molecule has 7 nitrogen and oxygen atoms in total. The number of amides is 1. The SMILES string of the molecule is CN1CCc2[nH]cnc2C12CCN(C(=O)[C@@H]1COc3ccccc3O1)CC2. The van der Waals surface area contributed by atoms with Gasteiger partial charge in [0.25, 0.3) is 5.91 Å². The zero-order valence-electron chi connectivity index (χ0n) is 15.5. The van der Waals surface area contributed by atoms with E-state index in [0.29, 0.717) is 24.6 Å². The first-order valence-electron chi connectivity index (χ1n) is 9.59. The summed E-state index contributed by atoms with van der Waals surface area (Å²) in [7, 11) is 2.17. The number of imidazole rings is 1. The van der Waals surface area contributed by atoms with Crippen molar-refractivity contribution in [3.05, 3.63) is 42.0 Å². The average molecular weight is 368 g/mol. The maximum absolute atomic E-state index is 13.0. The lowest BCUT2D eigenvalue weighted by molar-refractivity contribution is -0.144. The van der Waals surface area contributed by atoms with Gasteiger partial charge in [0, 0.05) is 31.7 Å². The van der Waals surface area contributed by atoms with Crippen molar-refractivity contribution in [1.29, 1.82) is 0 Å². The van der Waals surface area contributed by atoms with Gasteiger partial charge in [0.1, 0.15) is 6.61 Å². The first-order valence-corrected chi connectivity index (χ1v) is 9.59. The number of carbonyl (C=O) groups is 1. The van der Waals surface area contributed by atoms with E-state index in [0.717, 1.165) is 31.5 Å². The minimum absolute atomic E-state index is 0.0140. The van der Waals surface area contributed by atoms with Crippen LogP contribution < -0.4 is 9.47 Å². The molecule has 1 saturated heterocycles. The molecule has 3 aliphatic heterocycles. The molecule has 0 aliphatic carbocycles. The van der Waals surface area contributed by atoms with Crippen LogP contribution >= 0.6 is 0 Å². The molecule has 0 unspecified atom stereocenters. The Hall–Kier alpha value is -2.54. The Kier molecular flexibility index (Phi) is 3.86. The van der Waals surface area contributed by atoms with Crippen molar-refractivity contribution in [2.24, 2.45) is 0 Å². The van der Waals surface area contributed by atoms with E-state index >= 15 is 0 Å². The summed E-state index contributed by atoms with van der Waals surface area (Å²) in [6, 6.07) is 7.50. The second kappa shape index (κ2) is 6.27. The van der Waals surface area contributed by atoms with E-state index in [-0.39, 0.29) is 18.1 Å². The number of para-hydroxylation sites is 2. The van der Waals surface area contributed by atoms with Crippen molar-refractivity contribution in [3.8, 4) is 11.5 Å². The molecule has 4 heterocycles. The van der Waals surface area contributed by atoms with E-state index in [1.54, 1.807) is 6.33 Å². The van der Waals surface area contributed by atoms with Crippen LogP contribution in [0.15, 0.2) is 30.6 Å². The van der Waals surface area contributed by atoms with Gasteiger partial charge >= 0.3 is 0 Å². The molecule has 1 fully saturated rings. The maximum atomic E-state index is 13.0. The number of likely N-dealkylation sites (tertiary alicyclic amines) is 1. The average Bonchev–Trinajstić information content (AvgIpc) is 3.20. The largest absolute Gasteiger partial charge is 0.485 e. The van der Waals surface area contributed by atoms with Gasteiger partial charge in [-0.2, -0.15) is 0 Å². The zero-order chi connectivity index (χ0) is 18.4. The van der Waals surface area contributed by atoms with Crippen LogP contribution in [0.2, 0.25) is 0 Å². The number of hydrogen-bond acceptors (Lipinski definition) is 5. The number of nitrogens with zero attached hydrogens (tertiary/aromatic N) is 3. The molecule has 5 rings (SSSR count). The molecule has 0 bridgehead atoms. The second-order valence-electron chi connectivity index (χ2n) is 7.62. The highest BCUT2D eigenvalue weighted by molar-refractivity contribution is 5.82. The monoisotopic (exact) mass is 368 g/mol. The quantitative estimate of drug-likeness (QED) is 0.827. The van der Waals surface area contributed by atoms with Gasteiger partial charge in [0.05, 0.1) is 17.6 Å².